The first-order chi connectivity index (χ1) is 13.1. The van der Waals surface area contributed by atoms with Gasteiger partial charge in [-0.05, 0) is 24.3 Å². The zero-order chi connectivity index (χ0) is 18.8. The van der Waals surface area contributed by atoms with Crippen LogP contribution in [0.5, 0.6) is 0 Å². The number of H-pyrrole nitrogens is 1. The molecule has 2 aromatic heterocycles. The minimum absolute atomic E-state index is 0.137. The molecule has 0 saturated carbocycles. The molecule has 3 heterocycles. The third-order valence-corrected chi connectivity index (χ3v) is 4.86. The average Bonchev–Trinajstić information content (AvgIpc) is 3.19. The van der Waals surface area contributed by atoms with Crippen molar-refractivity contribution in [3.63, 3.8) is 0 Å². The Balaban J connectivity index is 1.46. The fourth-order valence-corrected chi connectivity index (χ4v) is 3.39. The number of amides is 1. The number of nitrogens with zero attached hydrogens (tertiary/aromatic N) is 3. The predicted octanol–water partition coefficient (Wildman–Crippen LogP) is 0.627. The Labute approximate surface area is 154 Å². The van der Waals surface area contributed by atoms with Crippen molar-refractivity contribution in [1.29, 1.82) is 0 Å². The summed E-state index contributed by atoms with van der Waals surface area (Å²) in [6.45, 7) is 3.20. The topological polar surface area (TPSA) is 91.5 Å². The summed E-state index contributed by atoms with van der Waals surface area (Å²) in [5, 5.41) is 0. The lowest BCUT2D eigenvalue weighted by molar-refractivity contribution is -0.133. The monoisotopic (exact) mass is 368 g/mol. The molecule has 27 heavy (non-hydrogen) atoms. The first-order valence-electron chi connectivity index (χ1n) is 8.86. The molecule has 0 atom stereocenters. The number of furan rings is 1. The number of benzene rings is 1. The number of para-hydroxylation sites is 2. The molecular formula is C19H20N4O4. The van der Waals surface area contributed by atoms with Crippen LogP contribution in [0.25, 0.3) is 11.0 Å². The van der Waals surface area contributed by atoms with Crippen LogP contribution in [0.2, 0.25) is 0 Å². The van der Waals surface area contributed by atoms with Gasteiger partial charge in [0.1, 0.15) is 12.3 Å². The Kier molecular flexibility index (Phi) is 4.64. The van der Waals surface area contributed by atoms with E-state index in [0.717, 1.165) is 18.8 Å². The summed E-state index contributed by atoms with van der Waals surface area (Å²) in [5.74, 6) is 0.738. The van der Waals surface area contributed by atoms with Crippen LogP contribution in [0, 0.1) is 0 Å². The van der Waals surface area contributed by atoms with Crippen molar-refractivity contribution in [2.75, 3.05) is 26.2 Å². The van der Waals surface area contributed by atoms with Gasteiger partial charge in [0.25, 0.3) is 0 Å². The van der Waals surface area contributed by atoms with E-state index >= 15 is 0 Å². The van der Waals surface area contributed by atoms with Crippen molar-refractivity contribution < 1.29 is 9.21 Å². The van der Waals surface area contributed by atoms with E-state index in [1.165, 1.54) is 4.57 Å². The van der Waals surface area contributed by atoms with E-state index < -0.39 is 11.1 Å². The highest BCUT2D eigenvalue weighted by Crippen LogP contribution is 2.11. The Hall–Kier alpha value is -3.13. The van der Waals surface area contributed by atoms with E-state index in [1.807, 2.05) is 12.1 Å². The van der Waals surface area contributed by atoms with E-state index in [9.17, 15) is 14.4 Å². The minimum Gasteiger partial charge on any atom is -0.468 e. The van der Waals surface area contributed by atoms with E-state index in [4.69, 9.17) is 4.42 Å². The van der Waals surface area contributed by atoms with Crippen molar-refractivity contribution in [2.24, 2.45) is 0 Å². The van der Waals surface area contributed by atoms with Gasteiger partial charge in [-0.15, -0.1) is 0 Å². The Bertz CT molecular complexity index is 1060. The molecule has 1 amide bonds. The molecule has 0 aliphatic carbocycles. The van der Waals surface area contributed by atoms with E-state index in [0.29, 0.717) is 30.7 Å². The van der Waals surface area contributed by atoms with Crippen LogP contribution in [0.15, 0.2) is 56.7 Å². The maximum Gasteiger partial charge on any atom is 0.317 e. The second-order valence-electron chi connectivity index (χ2n) is 6.60. The first-order valence-corrected chi connectivity index (χ1v) is 8.86. The third kappa shape index (κ3) is 3.56. The number of carbonyl (C=O) groups excluding carboxylic acids is 1. The van der Waals surface area contributed by atoms with Gasteiger partial charge in [-0.3, -0.25) is 23.9 Å². The third-order valence-electron chi connectivity index (χ3n) is 4.86. The quantitative estimate of drug-likeness (QED) is 0.682. The number of aromatic nitrogens is 2. The lowest BCUT2D eigenvalue weighted by Gasteiger charge is -2.34. The second-order valence-corrected chi connectivity index (χ2v) is 6.60. The highest BCUT2D eigenvalue weighted by atomic mass is 16.3. The van der Waals surface area contributed by atoms with Gasteiger partial charge in [0.2, 0.25) is 5.91 Å². The van der Waals surface area contributed by atoms with Crippen LogP contribution < -0.4 is 11.1 Å². The normalized spacial score (nSPS) is 15.3. The van der Waals surface area contributed by atoms with Gasteiger partial charge in [-0.1, -0.05) is 12.1 Å². The molecule has 1 aliphatic rings. The van der Waals surface area contributed by atoms with E-state index in [2.05, 4.69) is 9.88 Å². The van der Waals surface area contributed by atoms with Crippen molar-refractivity contribution >= 4 is 16.9 Å². The predicted molar refractivity (Wildman–Crippen MR) is 99.4 cm³/mol. The SMILES string of the molecule is O=C(Cn1c(=O)c(=O)[nH]c2ccccc21)N1CCN(Cc2ccco2)CC1. The maximum atomic E-state index is 12.7. The number of carbonyl (C=O) groups is 1. The molecule has 8 nitrogen and oxygen atoms in total. The van der Waals surface area contributed by atoms with Gasteiger partial charge < -0.3 is 14.3 Å². The number of nitrogens with one attached hydrogen (secondary N) is 1. The number of aromatic amines is 1. The number of hydrogen-bond acceptors (Lipinski definition) is 5. The molecule has 4 rings (SSSR count). The van der Waals surface area contributed by atoms with Gasteiger partial charge in [-0.25, -0.2) is 0 Å². The summed E-state index contributed by atoms with van der Waals surface area (Å²) in [4.78, 5) is 43.4. The lowest BCUT2D eigenvalue weighted by Crippen LogP contribution is -2.50. The standard InChI is InChI=1S/C19H20N4O4/c24-17(22-9-7-21(8-10-22)12-14-4-3-11-27-14)13-23-16-6-2-1-5-15(16)20-18(25)19(23)26/h1-6,11H,7-10,12-13H2,(H,20,25). The molecule has 1 aliphatic heterocycles. The van der Waals surface area contributed by atoms with Crippen LogP contribution in [0.3, 0.4) is 0 Å². The lowest BCUT2D eigenvalue weighted by atomic mass is 10.2. The summed E-state index contributed by atoms with van der Waals surface area (Å²) in [6.07, 6.45) is 1.65. The molecular weight excluding hydrogens is 348 g/mol. The smallest absolute Gasteiger partial charge is 0.317 e. The molecule has 0 unspecified atom stereocenters. The second kappa shape index (κ2) is 7.24. The Morgan fingerprint density at radius 2 is 1.81 bits per heavy atom. The molecule has 0 radical (unpaired) electrons. The van der Waals surface area contributed by atoms with Gasteiger partial charge in [0.15, 0.2) is 0 Å². The molecule has 3 aromatic rings. The van der Waals surface area contributed by atoms with Crippen molar-refractivity contribution in [2.45, 2.75) is 13.1 Å². The molecule has 1 aromatic carbocycles. The average molecular weight is 368 g/mol. The van der Waals surface area contributed by atoms with Crippen LogP contribution >= 0.6 is 0 Å². The van der Waals surface area contributed by atoms with E-state index in [1.54, 1.807) is 35.4 Å². The van der Waals surface area contributed by atoms with E-state index in [-0.39, 0.29) is 12.5 Å². The molecule has 0 spiro atoms. The molecule has 140 valence electrons. The highest BCUT2D eigenvalue weighted by molar-refractivity contribution is 5.80. The first kappa shape index (κ1) is 17.3. The van der Waals surface area contributed by atoms with Crippen LogP contribution in [0.4, 0.5) is 0 Å². The minimum atomic E-state index is -0.718. The van der Waals surface area contributed by atoms with Crippen molar-refractivity contribution in [3.8, 4) is 0 Å². The van der Waals surface area contributed by atoms with Crippen molar-refractivity contribution in [3.05, 3.63) is 69.1 Å². The number of fused-ring (bicyclic) bond motifs is 1. The fourth-order valence-electron chi connectivity index (χ4n) is 3.39. The van der Waals surface area contributed by atoms with Gasteiger partial charge in [0, 0.05) is 26.2 Å². The van der Waals surface area contributed by atoms with Gasteiger partial charge >= 0.3 is 11.1 Å². The van der Waals surface area contributed by atoms with Crippen molar-refractivity contribution in [1.82, 2.24) is 19.4 Å². The zero-order valence-electron chi connectivity index (χ0n) is 14.8. The number of rotatable bonds is 4. The fraction of sp³-hybridized carbons (Fsp3) is 0.316. The summed E-state index contributed by atoms with van der Waals surface area (Å²) in [7, 11) is 0. The summed E-state index contributed by atoms with van der Waals surface area (Å²) in [6, 6.07) is 10.8. The maximum absolute atomic E-state index is 12.7. The molecule has 0 bridgehead atoms. The highest BCUT2D eigenvalue weighted by Gasteiger charge is 2.22. The van der Waals surface area contributed by atoms with Crippen LogP contribution in [-0.4, -0.2) is 51.4 Å². The molecule has 1 saturated heterocycles. The number of hydrogen-bond donors (Lipinski definition) is 1. The molecule has 1 fully saturated rings. The summed E-state index contributed by atoms with van der Waals surface area (Å²) < 4.78 is 6.62. The Morgan fingerprint density at radius 1 is 1.04 bits per heavy atom. The molecule has 1 N–H and O–H groups in total. The number of piperazine rings is 1. The largest absolute Gasteiger partial charge is 0.468 e. The molecule has 8 heteroatoms. The van der Waals surface area contributed by atoms with Crippen LogP contribution in [-0.2, 0) is 17.9 Å². The van der Waals surface area contributed by atoms with Gasteiger partial charge in [0.05, 0.1) is 23.8 Å². The zero-order valence-corrected chi connectivity index (χ0v) is 14.8. The summed E-state index contributed by atoms with van der Waals surface area (Å²) in [5.41, 5.74) is -0.339. The van der Waals surface area contributed by atoms with Gasteiger partial charge in [-0.2, -0.15) is 0 Å². The van der Waals surface area contributed by atoms with Crippen LogP contribution in [0.1, 0.15) is 5.76 Å². The summed E-state index contributed by atoms with van der Waals surface area (Å²) >= 11 is 0. The Morgan fingerprint density at radius 3 is 2.56 bits per heavy atom.